The van der Waals surface area contributed by atoms with Gasteiger partial charge in [0, 0.05) is 30.2 Å². The second kappa shape index (κ2) is 8.23. The van der Waals surface area contributed by atoms with Gasteiger partial charge in [0.1, 0.15) is 5.75 Å². The van der Waals surface area contributed by atoms with E-state index < -0.39 is 0 Å². The molecule has 1 N–H and O–H groups in total. The van der Waals surface area contributed by atoms with Crippen molar-refractivity contribution in [3.63, 3.8) is 0 Å². The first kappa shape index (κ1) is 18.3. The Balaban J connectivity index is 1.57. The molecule has 5 nitrogen and oxygen atoms in total. The van der Waals surface area contributed by atoms with Crippen LogP contribution in [0.3, 0.4) is 0 Å². The van der Waals surface area contributed by atoms with Crippen molar-refractivity contribution in [3.05, 3.63) is 59.1 Å². The van der Waals surface area contributed by atoms with Crippen LogP contribution in [-0.4, -0.2) is 25.0 Å². The molecular weight excluding hydrogens is 352 g/mol. The third kappa shape index (κ3) is 4.35. The zero-order valence-corrected chi connectivity index (χ0v) is 15.3. The van der Waals surface area contributed by atoms with E-state index in [1.807, 2.05) is 43.3 Å². The van der Waals surface area contributed by atoms with Crippen molar-refractivity contribution >= 4 is 29.1 Å². The molecule has 0 aromatic heterocycles. The monoisotopic (exact) mass is 372 g/mol. The van der Waals surface area contributed by atoms with Gasteiger partial charge in [-0.05, 0) is 48.9 Å². The standard InChI is InChI=1S/C20H21ClN2O3/c1-2-26-18-9-7-17(8-10-18)23-13-15(11-19(23)24)20(25)22-12-14-3-5-16(21)6-4-14/h3-10,15H,2,11-13H2,1H3,(H,22,25)/t15-/m0/s1. The molecule has 0 spiro atoms. The minimum atomic E-state index is -0.346. The fraction of sp³-hybridized carbons (Fsp3) is 0.300. The summed E-state index contributed by atoms with van der Waals surface area (Å²) in [6, 6.07) is 14.7. The van der Waals surface area contributed by atoms with Crippen molar-refractivity contribution in [2.75, 3.05) is 18.1 Å². The van der Waals surface area contributed by atoms with E-state index in [1.165, 1.54) is 0 Å². The SMILES string of the molecule is CCOc1ccc(N2C[C@@H](C(=O)NCc3ccc(Cl)cc3)CC2=O)cc1. The number of carbonyl (C=O) groups excluding carboxylic acids is 2. The number of amides is 2. The van der Waals surface area contributed by atoms with Gasteiger partial charge in [-0.15, -0.1) is 0 Å². The molecule has 1 saturated heterocycles. The number of ether oxygens (including phenoxy) is 1. The fourth-order valence-electron chi connectivity index (χ4n) is 2.96. The van der Waals surface area contributed by atoms with Crippen LogP contribution < -0.4 is 15.0 Å². The lowest BCUT2D eigenvalue weighted by Gasteiger charge is -2.17. The van der Waals surface area contributed by atoms with Gasteiger partial charge in [-0.1, -0.05) is 23.7 Å². The van der Waals surface area contributed by atoms with Crippen molar-refractivity contribution in [1.82, 2.24) is 5.32 Å². The summed E-state index contributed by atoms with van der Waals surface area (Å²) in [5, 5.41) is 3.56. The van der Waals surface area contributed by atoms with Crippen molar-refractivity contribution in [2.45, 2.75) is 19.9 Å². The summed E-state index contributed by atoms with van der Waals surface area (Å²) in [5.41, 5.74) is 1.75. The maximum atomic E-state index is 12.4. The first-order valence-electron chi connectivity index (χ1n) is 8.62. The van der Waals surface area contributed by atoms with Gasteiger partial charge in [0.2, 0.25) is 11.8 Å². The predicted octanol–water partition coefficient (Wildman–Crippen LogP) is 3.41. The Bertz CT molecular complexity index is 775. The van der Waals surface area contributed by atoms with Crippen LogP contribution in [0.25, 0.3) is 0 Å². The number of hydrogen-bond donors (Lipinski definition) is 1. The fourth-order valence-corrected chi connectivity index (χ4v) is 3.08. The first-order chi connectivity index (χ1) is 12.6. The lowest BCUT2D eigenvalue weighted by Crippen LogP contribution is -2.32. The molecule has 3 rings (SSSR count). The van der Waals surface area contributed by atoms with Gasteiger partial charge in [-0.2, -0.15) is 0 Å². The molecule has 0 unspecified atom stereocenters. The molecule has 0 bridgehead atoms. The normalized spacial score (nSPS) is 16.6. The summed E-state index contributed by atoms with van der Waals surface area (Å²) >= 11 is 5.86. The average Bonchev–Trinajstić information content (AvgIpc) is 3.04. The summed E-state index contributed by atoms with van der Waals surface area (Å²) in [7, 11) is 0. The molecule has 0 radical (unpaired) electrons. The van der Waals surface area contributed by atoms with E-state index in [-0.39, 0.29) is 24.2 Å². The van der Waals surface area contributed by atoms with Crippen molar-refractivity contribution in [2.24, 2.45) is 5.92 Å². The van der Waals surface area contributed by atoms with Gasteiger partial charge in [-0.3, -0.25) is 9.59 Å². The van der Waals surface area contributed by atoms with E-state index in [2.05, 4.69) is 5.32 Å². The Kier molecular flexibility index (Phi) is 5.78. The Morgan fingerprint density at radius 1 is 1.19 bits per heavy atom. The minimum absolute atomic E-state index is 0.0409. The number of halogens is 1. The van der Waals surface area contributed by atoms with Gasteiger partial charge >= 0.3 is 0 Å². The Hall–Kier alpha value is -2.53. The second-order valence-electron chi connectivity index (χ2n) is 6.18. The van der Waals surface area contributed by atoms with E-state index in [0.717, 1.165) is 17.0 Å². The van der Waals surface area contributed by atoms with Crippen LogP contribution in [0.1, 0.15) is 18.9 Å². The van der Waals surface area contributed by atoms with Crippen LogP contribution in [0.5, 0.6) is 5.75 Å². The zero-order valence-electron chi connectivity index (χ0n) is 14.6. The first-order valence-corrected chi connectivity index (χ1v) is 9.00. The lowest BCUT2D eigenvalue weighted by atomic mass is 10.1. The summed E-state index contributed by atoms with van der Waals surface area (Å²) < 4.78 is 5.42. The molecule has 0 saturated carbocycles. The number of nitrogens with one attached hydrogen (secondary N) is 1. The van der Waals surface area contributed by atoms with E-state index >= 15 is 0 Å². The quantitative estimate of drug-likeness (QED) is 0.845. The van der Waals surface area contributed by atoms with E-state index in [1.54, 1.807) is 17.0 Å². The Labute approximate surface area is 157 Å². The maximum Gasteiger partial charge on any atom is 0.227 e. The van der Waals surface area contributed by atoms with Crippen LogP contribution in [0, 0.1) is 5.92 Å². The van der Waals surface area contributed by atoms with Crippen molar-refractivity contribution in [3.8, 4) is 5.75 Å². The van der Waals surface area contributed by atoms with Crippen LogP contribution >= 0.6 is 11.6 Å². The zero-order chi connectivity index (χ0) is 18.5. The highest BCUT2D eigenvalue weighted by molar-refractivity contribution is 6.30. The van der Waals surface area contributed by atoms with Gasteiger partial charge in [0.25, 0.3) is 0 Å². The molecule has 136 valence electrons. The summed E-state index contributed by atoms with van der Waals surface area (Å²) in [6.45, 7) is 3.33. The molecule has 2 amide bonds. The number of benzene rings is 2. The molecule has 26 heavy (non-hydrogen) atoms. The number of hydrogen-bond acceptors (Lipinski definition) is 3. The van der Waals surface area contributed by atoms with Crippen molar-refractivity contribution in [1.29, 1.82) is 0 Å². The highest BCUT2D eigenvalue weighted by atomic mass is 35.5. The molecule has 1 atom stereocenters. The third-order valence-electron chi connectivity index (χ3n) is 4.34. The molecule has 1 aliphatic rings. The van der Waals surface area contributed by atoms with Crippen LogP contribution in [0.15, 0.2) is 48.5 Å². The molecule has 1 aliphatic heterocycles. The van der Waals surface area contributed by atoms with E-state index in [4.69, 9.17) is 16.3 Å². The smallest absolute Gasteiger partial charge is 0.227 e. The number of rotatable bonds is 6. The number of nitrogens with zero attached hydrogens (tertiary/aromatic N) is 1. The van der Waals surface area contributed by atoms with Gasteiger partial charge in [0.15, 0.2) is 0 Å². The third-order valence-corrected chi connectivity index (χ3v) is 4.59. The molecular formula is C20H21ClN2O3. The number of carbonyl (C=O) groups is 2. The van der Waals surface area contributed by atoms with E-state index in [9.17, 15) is 9.59 Å². The number of anilines is 1. The topological polar surface area (TPSA) is 58.6 Å². The molecule has 1 fully saturated rings. The van der Waals surface area contributed by atoms with Crippen LogP contribution in [0.2, 0.25) is 5.02 Å². The van der Waals surface area contributed by atoms with Gasteiger partial charge in [0.05, 0.1) is 12.5 Å². The second-order valence-corrected chi connectivity index (χ2v) is 6.61. The van der Waals surface area contributed by atoms with Crippen LogP contribution in [-0.2, 0) is 16.1 Å². The summed E-state index contributed by atoms with van der Waals surface area (Å²) in [5.74, 6) is 0.268. The van der Waals surface area contributed by atoms with Gasteiger partial charge in [-0.25, -0.2) is 0 Å². The summed E-state index contributed by atoms with van der Waals surface area (Å²) in [4.78, 5) is 26.4. The van der Waals surface area contributed by atoms with Crippen molar-refractivity contribution < 1.29 is 14.3 Å². The lowest BCUT2D eigenvalue weighted by molar-refractivity contribution is -0.126. The molecule has 2 aromatic carbocycles. The molecule has 6 heteroatoms. The molecule has 0 aliphatic carbocycles. The summed E-state index contributed by atoms with van der Waals surface area (Å²) in [6.07, 6.45) is 0.222. The average molecular weight is 373 g/mol. The van der Waals surface area contributed by atoms with Crippen LogP contribution in [0.4, 0.5) is 5.69 Å². The highest BCUT2D eigenvalue weighted by Gasteiger charge is 2.34. The Morgan fingerprint density at radius 3 is 2.54 bits per heavy atom. The molecule has 1 heterocycles. The Morgan fingerprint density at radius 2 is 1.88 bits per heavy atom. The molecule has 2 aromatic rings. The van der Waals surface area contributed by atoms with Gasteiger partial charge < -0.3 is 15.0 Å². The largest absolute Gasteiger partial charge is 0.494 e. The maximum absolute atomic E-state index is 12.4. The predicted molar refractivity (Wildman–Crippen MR) is 101 cm³/mol. The highest BCUT2D eigenvalue weighted by Crippen LogP contribution is 2.27. The van der Waals surface area contributed by atoms with E-state index in [0.29, 0.717) is 24.7 Å². The minimum Gasteiger partial charge on any atom is -0.494 e.